The molecule has 2 saturated heterocycles. The topological polar surface area (TPSA) is 127 Å². The zero-order valence-corrected chi connectivity index (χ0v) is 23.9. The number of aromatic nitrogens is 1. The second-order valence-corrected chi connectivity index (χ2v) is 12.3. The van der Waals surface area contributed by atoms with Crippen molar-refractivity contribution < 1.29 is 42.9 Å². The van der Waals surface area contributed by atoms with Crippen LogP contribution in [-0.2, 0) is 38.1 Å². The molecular weight excluding hydrogens is 518 g/mol. The van der Waals surface area contributed by atoms with Crippen LogP contribution >= 0.6 is 0 Å². The highest BCUT2D eigenvalue weighted by molar-refractivity contribution is 5.89. The highest BCUT2D eigenvalue weighted by Crippen LogP contribution is 2.68. The monoisotopic (exact) mass is 555 g/mol. The molecule has 2 aliphatic carbocycles. The predicted octanol–water partition coefficient (Wildman–Crippen LogP) is 3.72. The van der Waals surface area contributed by atoms with Gasteiger partial charge in [0.1, 0.15) is 23.9 Å². The van der Waals surface area contributed by atoms with E-state index >= 15 is 0 Å². The van der Waals surface area contributed by atoms with Gasteiger partial charge in [0.05, 0.1) is 12.0 Å². The summed E-state index contributed by atoms with van der Waals surface area (Å²) in [5.41, 5.74) is -2.49. The lowest BCUT2D eigenvalue weighted by atomic mass is 9.41. The molecule has 10 heteroatoms. The fourth-order valence-electron chi connectivity index (χ4n) is 7.88. The third-order valence-corrected chi connectivity index (χ3v) is 9.99. The number of cyclic esters (lactones) is 1. The maximum Gasteiger partial charge on any atom is 0.339 e. The number of esters is 4. The summed E-state index contributed by atoms with van der Waals surface area (Å²) in [4.78, 5) is 54.7. The van der Waals surface area contributed by atoms with Crippen LogP contribution in [0.2, 0.25) is 0 Å². The first-order valence-electron chi connectivity index (χ1n) is 13.7. The highest BCUT2D eigenvalue weighted by Gasteiger charge is 2.76. The molecule has 1 spiro atoms. The van der Waals surface area contributed by atoms with Crippen LogP contribution in [0.4, 0.5) is 0 Å². The van der Waals surface area contributed by atoms with Gasteiger partial charge in [0.15, 0.2) is 12.2 Å². The molecule has 40 heavy (non-hydrogen) atoms. The van der Waals surface area contributed by atoms with E-state index in [1.165, 1.54) is 20.0 Å². The normalized spacial score (nSPS) is 40.2. The Morgan fingerprint density at radius 1 is 1.02 bits per heavy atom. The van der Waals surface area contributed by atoms with Crippen LogP contribution < -0.4 is 0 Å². The van der Waals surface area contributed by atoms with Gasteiger partial charge in [-0.05, 0) is 38.8 Å². The summed E-state index contributed by atoms with van der Waals surface area (Å²) in [7, 11) is 0. The molecule has 0 unspecified atom stereocenters. The molecule has 0 radical (unpaired) electrons. The molecule has 10 nitrogen and oxygen atoms in total. The number of pyridine rings is 1. The molecule has 0 N–H and O–H groups in total. The third-order valence-electron chi connectivity index (χ3n) is 9.99. The van der Waals surface area contributed by atoms with Gasteiger partial charge in [-0.3, -0.25) is 19.4 Å². The predicted molar refractivity (Wildman–Crippen MR) is 140 cm³/mol. The number of nitrogens with zero attached hydrogens (tertiary/aromatic N) is 1. The Morgan fingerprint density at radius 2 is 1.73 bits per heavy atom. The van der Waals surface area contributed by atoms with Gasteiger partial charge in [0, 0.05) is 49.4 Å². The van der Waals surface area contributed by atoms with E-state index in [1.807, 2.05) is 26.8 Å². The van der Waals surface area contributed by atoms with E-state index in [9.17, 15) is 19.2 Å². The molecule has 3 heterocycles. The average Bonchev–Trinajstić information content (AvgIpc) is 3.25. The second-order valence-electron chi connectivity index (χ2n) is 12.3. The van der Waals surface area contributed by atoms with Gasteiger partial charge >= 0.3 is 23.9 Å². The molecule has 1 aromatic rings. The van der Waals surface area contributed by atoms with Crippen LogP contribution in [0.15, 0.2) is 36.2 Å². The molecule has 0 amide bonds. The lowest BCUT2D eigenvalue weighted by molar-refractivity contribution is -0.349. The van der Waals surface area contributed by atoms with Crippen LogP contribution in [-0.4, -0.2) is 65.0 Å². The minimum absolute atomic E-state index is 0.0734. The Hall–Kier alpha value is -3.27. The summed E-state index contributed by atoms with van der Waals surface area (Å²) >= 11 is 0. The van der Waals surface area contributed by atoms with Crippen molar-refractivity contribution in [2.45, 2.75) is 96.7 Å². The van der Waals surface area contributed by atoms with E-state index in [-0.39, 0.29) is 19.0 Å². The Morgan fingerprint density at radius 3 is 2.33 bits per heavy atom. The van der Waals surface area contributed by atoms with Crippen LogP contribution in [0.3, 0.4) is 0 Å². The van der Waals surface area contributed by atoms with Crippen molar-refractivity contribution in [3.8, 4) is 0 Å². The number of rotatable bonds is 4. The molecule has 1 aromatic heterocycles. The third kappa shape index (κ3) is 4.22. The maximum atomic E-state index is 13.3. The quantitative estimate of drug-likeness (QED) is 0.308. The number of hydrogen-bond acceptors (Lipinski definition) is 10. The molecule has 5 rings (SSSR count). The highest BCUT2D eigenvalue weighted by atomic mass is 16.6. The molecule has 0 aromatic carbocycles. The first kappa shape index (κ1) is 28.3. The van der Waals surface area contributed by atoms with E-state index in [0.717, 1.165) is 5.57 Å². The second kappa shape index (κ2) is 9.68. The first-order chi connectivity index (χ1) is 18.8. The number of carbonyl (C=O) groups excluding carboxylic acids is 4. The van der Waals surface area contributed by atoms with E-state index < -0.39 is 64.2 Å². The standard InChI is InChI=1S/C30H37NO9/c1-17-9-10-21(39-26(35)20-8-7-13-31-15-20)23-27(4)11-12-30(14-22(34)36-16-30)40-29(27,6)25(38-19(3)33)24(28(17,23)5)37-18(2)32/h7-9,13,15,21,23-25H,10-12,14,16H2,1-6H3/t21-,23-,24+,25+,27-,28+,29+,30+/m1/s1. The zero-order valence-electron chi connectivity index (χ0n) is 23.9. The van der Waals surface area contributed by atoms with Crippen molar-refractivity contribution >= 4 is 23.9 Å². The molecule has 1 saturated carbocycles. The smallest absolute Gasteiger partial charge is 0.339 e. The largest absolute Gasteiger partial charge is 0.463 e. The van der Waals surface area contributed by atoms with Crippen molar-refractivity contribution in [2.75, 3.05) is 6.61 Å². The van der Waals surface area contributed by atoms with Crippen molar-refractivity contribution in [1.82, 2.24) is 4.98 Å². The maximum absolute atomic E-state index is 13.3. The zero-order chi connectivity index (χ0) is 29.1. The van der Waals surface area contributed by atoms with Gasteiger partial charge in [-0.1, -0.05) is 25.5 Å². The number of carbonyl (C=O) groups is 4. The molecule has 4 aliphatic rings. The summed E-state index contributed by atoms with van der Waals surface area (Å²) in [6.45, 7) is 10.6. The molecule has 3 fully saturated rings. The molecule has 8 atom stereocenters. The lowest BCUT2D eigenvalue weighted by Crippen LogP contribution is -2.78. The summed E-state index contributed by atoms with van der Waals surface area (Å²) in [5.74, 6) is -2.35. The van der Waals surface area contributed by atoms with Crippen LogP contribution in [0.5, 0.6) is 0 Å². The van der Waals surface area contributed by atoms with Gasteiger partial charge < -0.3 is 23.7 Å². The number of fused-ring (bicyclic) bond motifs is 3. The lowest BCUT2D eigenvalue weighted by Gasteiger charge is -2.70. The summed E-state index contributed by atoms with van der Waals surface area (Å²) in [6, 6.07) is 3.32. The van der Waals surface area contributed by atoms with Crippen LogP contribution in [0.25, 0.3) is 0 Å². The van der Waals surface area contributed by atoms with Crippen molar-refractivity contribution in [2.24, 2.45) is 16.7 Å². The van der Waals surface area contributed by atoms with E-state index in [0.29, 0.717) is 24.8 Å². The van der Waals surface area contributed by atoms with E-state index in [1.54, 1.807) is 18.3 Å². The Kier molecular flexibility index (Phi) is 6.84. The summed E-state index contributed by atoms with van der Waals surface area (Å²) < 4.78 is 30.5. The minimum Gasteiger partial charge on any atom is -0.463 e. The SMILES string of the molecule is CC(=O)O[C@H]1[C@H](OC(C)=O)[C@]2(C)O[C@]3(CC[C@]2(C)[C@H]2[C@H](OC(=O)c4cccnc4)CC=C(C)[C@]12C)COC(=O)C3. The van der Waals surface area contributed by atoms with Gasteiger partial charge in [-0.2, -0.15) is 0 Å². The minimum atomic E-state index is -1.23. The van der Waals surface area contributed by atoms with Gasteiger partial charge in [0.25, 0.3) is 0 Å². The molecular formula is C30H37NO9. The molecule has 216 valence electrons. The Bertz CT molecular complexity index is 1260. The van der Waals surface area contributed by atoms with Crippen molar-refractivity contribution in [3.63, 3.8) is 0 Å². The fraction of sp³-hybridized carbons (Fsp3) is 0.633. The van der Waals surface area contributed by atoms with Gasteiger partial charge in [0.2, 0.25) is 0 Å². The summed E-state index contributed by atoms with van der Waals surface area (Å²) in [6.07, 6.45) is 4.08. The molecule has 0 bridgehead atoms. The molecule has 2 aliphatic heterocycles. The number of hydrogen-bond donors (Lipinski definition) is 0. The number of ether oxygens (including phenoxy) is 5. The first-order valence-corrected chi connectivity index (χ1v) is 13.7. The Labute approximate surface area is 233 Å². The fourth-order valence-corrected chi connectivity index (χ4v) is 7.88. The van der Waals surface area contributed by atoms with Crippen molar-refractivity contribution in [1.29, 1.82) is 0 Å². The summed E-state index contributed by atoms with van der Waals surface area (Å²) in [5, 5.41) is 0. The van der Waals surface area contributed by atoms with Crippen molar-refractivity contribution in [3.05, 3.63) is 41.7 Å². The van der Waals surface area contributed by atoms with Gasteiger partial charge in [-0.15, -0.1) is 0 Å². The van der Waals surface area contributed by atoms with E-state index in [4.69, 9.17) is 23.7 Å². The van der Waals surface area contributed by atoms with Crippen LogP contribution in [0, 0.1) is 16.7 Å². The van der Waals surface area contributed by atoms with Gasteiger partial charge in [-0.25, -0.2) is 4.79 Å². The van der Waals surface area contributed by atoms with E-state index in [2.05, 4.69) is 11.9 Å². The average molecular weight is 556 g/mol. The van der Waals surface area contributed by atoms with Crippen LogP contribution in [0.1, 0.15) is 77.6 Å². The Balaban J connectivity index is 1.67.